The van der Waals surface area contributed by atoms with Crippen LogP contribution >= 0.6 is 0 Å². The minimum absolute atomic E-state index is 0.0385. The van der Waals surface area contributed by atoms with Crippen molar-refractivity contribution >= 4 is 5.96 Å². The highest BCUT2D eigenvalue weighted by molar-refractivity contribution is 5.81. The molecule has 0 radical (unpaired) electrons. The van der Waals surface area contributed by atoms with E-state index in [-0.39, 0.29) is 5.54 Å². The first-order valence-electron chi connectivity index (χ1n) is 8.12. The van der Waals surface area contributed by atoms with E-state index in [1.165, 1.54) is 19.3 Å². The van der Waals surface area contributed by atoms with E-state index >= 15 is 0 Å². The fraction of sp³-hybridized carbons (Fsp3) is 0.938. The maximum absolute atomic E-state index is 5.91. The van der Waals surface area contributed by atoms with Gasteiger partial charge in [-0.15, -0.1) is 0 Å². The Labute approximate surface area is 123 Å². The summed E-state index contributed by atoms with van der Waals surface area (Å²) in [5, 5.41) is 7.14. The molecule has 2 atom stereocenters. The molecule has 116 valence electrons. The van der Waals surface area contributed by atoms with Crippen LogP contribution in [0.4, 0.5) is 0 Å². The summed E-state index contributed by atoms with van der Waals surface area (Å²) >= 11 is 0. The third-order valence-corrected chi connectivity index (χ3v) is 4.56. The Balaban J connectivity index is 1.96. The molecule has 0 aromatic heterocycles. The highest BCUT2D eigenvalue weighted by atomic mass is 16.5. The Kier molecular flexibility index (Phi) is 4.62. The molecule has 0 bridgehead atoms. The first-order valence-corrected chi connectivity index (χ1v) is 8.12. The number of hydrogen-bond acceptors (Lipinski definition) is 2. The van der Waals surface area contributed by atoms with E-state index in [2.05, 4.69) is 50.2 Å². The Morgan fingerprint density at radius 3 is 2.45 bits per heavy atom. The smallest absolute Gasteiger partial charge is 0.191 e. The summed E-state index contributed by atoms with van der Waals surface area (Å²) in [6, 6.07) is 0.521. The highest BCUT2D eigenvalue weighted by Crippen LogP contribution is 2.57. The average molecular weight is 281 g/mol. The summed E-state index contributed by atoms with van der Waals surface area (Å²) in [6.07, 6.45) is 5.50. The average Bonchev–Trinajstić information content (AvgIpc) is 2.23. The van der Waals surface area contributed by atoms with Crippen LogP contribution in [0.2, 0.25) is 0 Å². The van der Waals surface area contributed by atoms with E-state index in [1.54, 1.807) is 0 Å². The monoisotopic (exact) mass is 281 g/mol. The van der Waals surface area contributed by atoms with Gasteiger partial charge in [-0.2, -0.15) is 0 Å². The molecule has 2 N–H and O–H groups in total. The molecule has 2 aliphatic rings. The SMILES string of the molecule is CCN=C(NC1CC(OCC)C12CCC2)NC(C)(C)C. The fourth-order valence-electron chi connectivity index (χ4n) is 3.44. The van der Waals surface area contributed by atoms with E-state index in [0.29, 0.717) is 17.6 Å². The lowest BCUT2D eigenvalue weighted by Gasteiger charge is -2.61. The standard InChI is InChI=1S/C16H31N3O/c1-6-17-14(19-15(3,4)5)18-12-11-13(20-7-2)16(12)9-8-10-16/h12-13H,6-11H2,1-5H3,(H2,17,18,19). The van der Waals surface area contributed by atoms with Gasteiger partial charge in [0.2, 0.25) is 0 Å². The maximum Gasteiger partial charge on any atom is 0.191 e. The summed E-state index contributed by atoms with van der Waals surface area (Å²) in [7, 11) is 0. The van der Waals surface area contributed by atoms with E-state index in [4.69, 9.17) is 4.74 Å². The van der Waals surface area contributed by atoms with Gasteiger partial charge in [-0.25, -0.2) is 0 Å². The molecule has 0 saturated heterocycles. The predicted molar refractivity (Wildman–Crippen MR) is 84.1 cm³/mol. The van der Waals surface area contributed by atoms with Gasteiger partial charge in [-0.3, -0.25) is 4.99 Å². The van der Waals surface area contributed by atoms with Crippen LogP contribution in [0, 0.1) is 5.41 Å². The number of rotatable bonds is 4. The van der Waals surface area contributed by atoms with Gasteiger partial charge in [0.1, 0.15) is 0 Å². The fourth-order valence-corrected chi connectivity index (χ4v) is 3.44. The zero-order chi connectivity index (χ0) is 14.8. The Bertz CT molecular complexity index is 355. The van der Waals surface area contributed by atoms with Crippen molar-refractivity contribution in [3.05, 3.63) is 0 Å². The van der Waals surface area contributed by atoms with Crippen molar-refractivity contribution in [3.8, 4) is 0 Å². The quantitative estimate of drug-likeness (QED) is 0.615. The molecule has 2 unspecified atom stereocenters. The van der Waals surface area contributed by atoms with E-state index in [0.717, 1.165) is 25.5 Å². The maximum atomic E-state index is 5.91. The van der Waals surface area contributed by atoms with Crippen LogP contribution in [-0.2, 0) is 4.74 Å². The van der Waals surface area contributed by atoms with Crippen LogP contribution in [0.25, 0.3) is 0 Å². The third kappa shape index (κ3) is 3.11. The molecule has 0 heterocycles. The molecule has 2 fully saturated rings. The summed E-state index contributed by atoms with van der Waals surface area (Å²) in [5.41, 5.74) is 0.418. The normalized spacial score (nSPS) is 28.8. The molecular formula is C16H31N3O. The van der Waals surface area contributed by atoms with E-state index in [1.807, 2.05) is 0 Å². The summed E-state index contributed by atoms with van der Waals surface area (Å²) in [5.74, 6) is 0.950. The summed E-state index contributed by atoms with van der Waals surface area (Å²) < 4.78 is 5.91. The number of guanidine groups is 1. The third-order valence-electron chi connectivity index (χ3n) is 4.56. The molecule has 2 saturated carbocycles. The number of nitrogens with one attached hydrogen (secondary N) is 2. The van der Waals surface area contributed by atoms with Gasteiger partial charge in [0.05, 0.1) is 6.10 Å². The van der Waals surface area contributed by atoms with E-state index < -0.39 is 0 Å². The van der Waals surface area contributed by atoms with Gasteiger partial charge in [-0.1, -0.05) is 6.42 Å². The number of hydrogen-bond donors (Lipinski definition) is 2. The van der Waals surface area contributed by atoms with Crippen molar-refractivity contribution in [1.29, 1.82) is 0 Å². The lowest BCUT2D eigenvalue weighted by Crippen LogP contribution is -2.69. The Hall–Kier alpha value is -0.770. The molecule has 0 aliphatic heterocycles. The molecule has 1 spiro atoms. The molecule has 2 rings (SSSR count). The van der Waals surface area contributed by atoms with Crippen molar-refractivity contribution in [2.24, 2.45) is 10.4 Å². The molecule has 20 heavy (non-hydrogen) atoms. The molecule has 0 amide bonds. The summed E-state index contributed by atoms with van der Waals surface area (Å²) in [6.45, 7) is 12.3. The van der Waals surface area contributed by atoms with Gasteiger partial charge >= 0.3 is 0 Å². The van der Waals surface area contributed by atoms with Crippen molar-refractivity contribution in [3.63, 3.8) is 0 Å². The van der Waals surface area contributed by atoms with Crippen LogP contribution in [-0.4, -0.2) is 36.8 Å². The second-order valence-corrected chi connectivity index (χ2v) is 7.16. The minimum atomic E-state index is 0.0385. The largest absolute Gasteiger partial charge is 0.378 e. The van der Waals surface area contributed by atoms with Gasteiger partial charge < -0.3 is 15.4 Å². The second-order valence-electron chi connectivity index (χ2n) is 7.16. The number of aliphatic imine (C=N–C) groups is 1. The zero-order valence-electron chi connectivity index (χ0n) is 13.8. The Morgan fingerprint density at radius 2 is 2.00 bits per heavy atom. The van der Waals surface area contributed by atoms with Gasteiger partial charge in [-0.05, 0) is 53.9 Å². The first kappa shape index (κ1) is 15.6. The van der Waals surface area contributed by atoms with Gasteiger partial charge in [0.15, 0.2) is 5.96 Å². The number of ether oxygens (including phenoxy) is 1. The summed E-state index contributed by atoms with van der Waals surface area (Å²) in [4.78, 5) is 4.58. The topological polar surface area (TPSA) is 45.7 Å². The van der Waals surface area contributed by atoms with Crippen LogP contribution in [0.15, 0.2) is 4.99 Å². The van der Waals surface area contributed by atoms with Crippen LogP contribution in [0.1, 0.15) is 60.3 Å². The van der Waals surface area contributed by atoms with Gasteiger partial charge in [0.25, 0.3) is 0 Å². The molecule has 0 aromatic carbocycles. The van der Waals surface area contributed by atoms with Crippen LogP contribution < -0.4 is 10.6 Å². The van der Waals surface area contributed by atoms with Crippen molar-refractivity contribution in [1.82, 2.24) is 10.6 Å². The molecule has 4 nitrogen and oxygen atoms in total. The molecular weight excluding hydrogens is 250 g/mol. The van der Waals surface area contributed by atoms with Crippen molar-refractivity contribution < 1.29 is 4.74 Å². The minimum Gasteiger partial charge on any atom is -0.378 e. The van der Waals surface area contributed by atoms with Crippen molar-refractivity contribution in [2.75, 3.05) is 13.2 Å². The highest BCUT2D eigenvalue weighted by Gasteiger charge is 2.59. The van der Waals surface area contributed by atoms with Gasteiger partial charge in [0, 0.05) is 30.1 Å². The van der Waals surface area contributed by atoms with E-state index in [9.17, 15) is 0 Å². The lowest BCUT2D eigenvalue weighted by molar-refractivity contribution is -0.168. The molecule has 4 heteroatoms. The second kappa shape index (κ2) is 5.92. The molecule has 2 aliphatic carbocycles. The number of nitrogens with zero attached hydrogens (tertiary/aromatic N) is 1. The Morgan fingerprint density at radius 1 is 1.30 bits per heavy atom. The molecule has 0 aromatic rings. The zero-order valence-corrected chi connectivity index (χ0v) is 13.8. The van der Waals surface area contributed by atoms with Crippen LogP contribution in [0.5, 0.6) is 0 Å². The van der Waals surface area contributed by atoms with Crippen LogP contribution in [0.3, 0.4) is 0 Å². The van der Waals surface area contributed by atoms with Crippen molar-refractivity contribution in [2.45, 2.75) is 78.0 Å². The predicted octanol–water partition coefficient (Wildman–Crippen LogP) is 2.69. The lowest BCUT2D eigenvalue weighted by atomic mass is 9.51. The first-order chi connectivity index (χ1) is 9.41.